The number of nitrogens with one attached hydrogen (secondary N) is 2. The number of aromatic nitrogens is 1. The first-order valence-corrected chi connectivity index (χ1v) is 8.42. The van der Waals surface area contributed by atoms with Gasteiger partial charge in [0.15, 0.2) is 5.13 Å². The van der Waals surface area contributed by atoms with Crippen LogP contribution in [0.1, 0.15) is 19.3 Å². The highest BCUT2D eigenvalue weighted by Crippen LogP contribution is 2.24. The summed E-state index contributed by atoms with van der Waals surface area (Å²) in [7, 11) is 0. The molecule has 0 bridgehead atoms. The van der Waals surface area contributed by atoms with Crippen LogP contribution < -0.4 is 10.6 Å². The first kappa shape index (κ1) is 15.8. The fourth-order valence-corrected chi connectivity index (χ4v) is 3.37. The highest BCUT2D eigenvalue weighted by atomic mass is 32.1. The second kappa shape index (κ2) is 7.47. The summed E-state index contributed by atoms with van der Waals surface area (Å²) in [5, 5.41) is 18.1. The van der Waals surface area contributed by atoms with Gasteiger partial charge in [0.1, 0.15) is 0 Å². The third-order valence-electron chi connectivity index (χ3n) is 3.92. The van der Waals surface area contributed by atoms with Gasteiger partial charge in [0.2, 0.25) is 5.91 Å². The number of aliphatic hydroxyl groups excluding tert-OH is 1. The summed E-state index contributed by atoms with van der Waals surface area (Å²) in [5.74, 6) is -0.0754. The zero-order chi connectivity index (χ0) is 15.4. The number of carbonyl (C=O) groups is 1. The summed E-state index contributed by atoms with van der Waals surface area (Å²) in [5.41, 5.74) is 0. The molecule has 2 aliphatic rings. The largest absolute Gasteiger partial charge is 0.389 e. The number of hydrogen-bond acceptors (Lipinski definition) is 7. The number of thiazole rings is 1. The predicted octanol–water partition coefficient (Wildman–Crippen LogP) is 0.369. The molecular formula is C14H21N3O4S. The van der Waals surface area contributed by atoms with Crippen LogP contribution in [0.5, 0.6) is 0 Å². The van der Waals surface area contributed by atoms with Crippen molar-refractivity contribution < 1.29 is 19.4 Å². The summed E-state index contributed by atoms with van der Waals surface area (Å²) < 4.78 is 11.5. The molecule has 2 saturated heterocycles. The van der Waals surface area contributed by atoms with Crippen molar-refractivity contribution in [1.82, 2.24) is 10.3 Å². The molecule has 0 aromatic carbocycles. The number of amides is 1. The maximum absolute atomic E-state index is 12.0. The lowest BCUT2D eigenvalue weighted by Gasteiger charge is -2.38. The molecule has 7 nitrogen and oxygen atoms in total. The van der Waals surface area contributed by atoms with Crippen LogP contribution in [0, 0.1) is 0 Å². The zero-order valence-corrected chi connectivity index (χ0v) is 13.1. The fraction of sp³-hybridized carbons (Fsp3) is 0.714. The van der Waals surface area contributed by atoms with E-state index in [0.717, 1.165) is 12.8 Å². The number of aliphatic hydroxyl groups is 1. The Bertz CT molecular complexity index is 484. The number of fused-ring (bicyclic) bond motifs is 1. The van der Waals surface area contributed by atoms with E-state index in [0.29, 0.717) is 31.3 Å². The highest BCUT2D eigenvalue weighted by molar-refractivity contribution is 7.13. The smallest absolute Gasteiger partial charge is 0.228 e. The highest BCUT2D eigenvalue weighted by Gasteiger charge is 2.33. The molecule has 3 heterocycles. The third-order valence-corrected chi connectivity index (χ3v) is 4.60. The van der Waals surface area contributed by atoms with Gasteiger partial charge in [-0.15, -0.1) is 11.3 Å². The van der Waals surface area contributed by atoms with E-state index in [4.69, 9.17) is 9.47 Å². The summed E-state index contributed by atoms with van der Waals surface area (Å²) in [6.07, 6.45) is 3.07. The Balaban J connectivity index is 1.49. The monoisotopic (exact) mass is 327 g/mol. The number of hydrogen-bond donors (Lipinski definition) is 3. The van der Waals surface area contributed by atoms with Crippen molar-refractivity contribution in [2.45, 2.75) is 43.6 Å². The van der Waals surface area contributed by atoms with Gasteiger partial charge in [-0.1, -0.05) is 0 Å². The van der Waals surface area contributed by atoms with Crippen LogP contribution in [0.2, 0.25) is 0 Å². The summed E-state index contributed by atoms with van der Waals surface area (Å²) in [4.78, 5) is 16.0. The average Bonchev–Trinajstić information content (AvgIpc) is 2.97. The molecule has 22 heavy (non-hydrogen) atoms. The second-order valence-corrected chi connectivity index (χ2v) is 6.56. The molecule has 3 rings (SSSR count). The average molecular weight is 327 g/mol. The molecule has 8 heteroatoms. The zero-order valence-electron chi connectivity index (χ0n) is 12.2. The van der Waals surface area contributed by atoms with Crippen LogP contribution >= 0.6 is 11.3 Å². The number of rotatable bonds is 3. The Morgan fingerprint density at radius 2 is 2.41 bits per heavy atom. The lowest BCUT2D eigenvalue weighted by molar-refractivity contribution is -0.134. The standard InChI is InChI=1S/C14H21N3O4S/c18-9-6-16-11-2-1-10(21-12(11)8-20-7-9)5-13(19)17-14-15-3-4-22-14/h3-4,9-12,16,18H,1-2,5-8H2,(H,15,17,19)/t9-,10-,11+,12-/m1/s1. The molecule has 4 atom stereocenters. The topological polar surface area (TPSA) is 92.7 Å². The lowest BCUT2D eigenvalue weighted by Crippen LogP contribution is -2.53. The predicted molar refractivity (Wildman–Crippen MR) is 81.9 cm³/mol. The van der Waals surface area contributed by atoms with E-state index in [1.54, 1.807) is 6.20 Å². The minimum absolute atomic E-state index is 0.0705. The van der Waals surface area contributed by atoms with Crippen molar-refractivity contribution >= 4 is 22.4 Å². The number of β-amino-alcohol motifs (C(OH)–C–C–N with tert-alkyl or cyclic N) is 1. The van der Waals surface area contributed by atoms with Crippen molar-refractivity contribution in [3.8, 4) is 0 Å². The molecule has 1 aromatic heterocycles. The molecule has 2 fully saturated rings. The normalized spacial score (nSPS) is 32.6. The van der Waals surface area contributed by atoms with Gasteiger partial charge in [-0.3, -0.25) is 4.79 Å². The van der Waals surface area contributed by atoms with Gasteiger partial charge in [-0.05, 0) is 12.8 Å². The molecule has 0 spiro atoms. The number of anilines is 1. The number of ether oxygens (including phenoxy) is 2. The fourth-order valence-electron chi connectivity index (χ4n) is 2.83. The van der Waals surface area contributed by atoms with Crippen molar-refractivity contribution in [3.05, 3.63) is 11.6 Å². The number of carbonyl (C=O) groups excluding carboxylic acids is 1. The Labute approximate surface area is 133 Å². The number of nitrogens with zero attached hydrogens (tertiary/aromatic N) is 1. The maximum Gasteiger partial charge on any atom is 0.228 e. The van der Waals surface area contributed by atoms with Crippen LogP contribution in [-0.2, 0) is 14.3 Å². The Kier molecular flexibility index (Phi) is 5.37. The first-order valence-electron chi connectivity index (χ1n) is 7.54. The maximum atomic E-state index is 12.0. The van der Waals surface area contributed by atoms with E-state index in [1.807, 2.05) is 5.38 Å². The molecule has 2 aliphatic heterocycles. The van der Waals surface area contributed by atoms with Crippen LogP contribution in [0.15, 0.2) is 11.6 Å². The molecule has 0 saturated carbocycles. The molecule has 122 valence electrons. The quantitative estimate of drug-likeness (QED) is 0.743. The summed E-state index contributed by atoms with van der Waals surface area (Å²) in [6, 6.07) is 0.174. The van der Waals surface area contributed by atoms with Crippen molar-refractivity contribution in [2.24, 2.45) is 0 Å². The van der Waals surface area contributed by atoms with E-state index in [-0.39, 0.29) is 24.2 Å². The van der Waals surface area contributed by atoms with Gasteiger partial charge in [0, 0.05) is 24.2 Å². The van der Waals surface area contributed by atoms with Crippen LogP contribution in [0.4, 0.5) is 5.13 Å². The van der Waals surface area contributed by atoms with Gasteiger partial charge in [-0.25, -0.2) is 4.98 Å². The summed E-state index contributed by atoms with van der Waals surface area (Å²) in [6.45, 7) is 1.27. The van der Waals surface area contributed by atoms with Gasteiger partial charge in [-0.2, -0.15) is 0 Å². The van der Waals surface area contributed by atoms with Gasteiger partial charge < -0.3 is 25.2 Å². The molecule has 0 aliphatic carbocycles. The molecular weight excluding hydrogens is 306 g/mol. The van der Waals surface area contributed by atoms with E-state index in [9.17, 15) is 9.90 Å². The molecule has 1 amide bonds. The Hall–Kier alpha value is -1.06. The first-order chi connectivity index (χ1) is 10.7. The molecule has 1 aromatic rings. The van der Waals surface area contributed by atoms with Crippen molar-refractivity contribution in [2.75, 3.05) is 25.1 Å². The SMILES string of the molecule is O=C(C[C@H]1CC[C@@H]2NC[C@@H](O)COC[C@H]2O1)Nc1nccs1. The summed E-state index contributed by atoms with van der Waals surface area (Å²) >= 11 is 1.40. The van der Waals surface area contributed by atoms with Crippen LogP contribution in [0.25, 0.3) is 0 Å². The van der Waals surface area contributed by atoms with Crippen molar-refractivity contribution in [1.29, 1.82) is 0 Å². The van der Waals surface area contributed by atoms with Crippen LogP contribution in [0.3, 0.4) is 0 Å². The van der Waals surface area contributed by atoms with E-state index in [1.165, 1.54) is 11.3 Å². The van der Waals surface area contributed by atoms with E-state index >= 15 is 0 Å². The van der Waals surface area contributed by atoms with E-state index in [2.05, 4.69) is 15.6 Å². The van der Waals surface area contributed by atoms with Crippen molar-refractivity contribution in [3.63, 3.8) is 0 Å². The van der Waals surface area contributed by atoms with E-state index < -0.39 is 6.10 Å². The minimum Gasteiger partial charge on any atom is -0.389 e. The second-order valence-electron chi connectivity index (χ2n) is 5.67. The Morgan fingerprint density at radius 1 is 1.50 bits per heavy atom. The molecule has 3 N–H and O–H groups in total. The van der Waals surface area contributed by atoms with Gasteiger partial charge in [0.25, 0.3) is 0 Å². The molecule has 0 radical (unpaired) electrons. The Morgan fingerprint density at radius 3 is 3.23 bits per heavy atom. The molecule has 0 unspecified atom stereocenters. The van der Waals surface area contributed by atoms with Gasteiger partial charge in [0.05, 0.1) is 37.9 Å². The van der Waals surface area contributed by atoms with Gasteiger partial charge >= 0.3 is 0 Å². The lowest BCUT2D eigenvalue weighted by atomic mass is 9.96. The third kappa shape index (κ3) is 4.23. The van der Waals surface area contributed by atoms with Crippen LogP contribution in [-0.4, -0.2) is 60.1 Å². The minimum atomic E-state index is -0.470.